The number of fused-ring (bicyclic) bond motifs is 1. The lowest BCUT2D eigenvalue weighted by atomic mass is 10.2. The first-order valence-corrected chi connectivity index (χ1v) is 6.66. The highest BCUT2D eigenvalue weighted by molar-refractivity contribution is 5.94. The summed E-state index contributed by atoms with van der Waals surface area (Å²) in [5.74, 6) is -1.43. The van der Waals surface area contributed by atoms with Crippen LogP contribution >= 0.6 is 0 Å². The fourth-order valence-electron chi connectivity index (χ4n) is 2.15. The number of hydrogen-bond donors (Lipinski definition) is 0. The first kappa shape index (κ1) is 9.71. The van der Waals surface area contributed by atoms with E-state index in [1.807, 2.05) is 0 Å². The van der Waals surface area contributed by atoms with Crippen LogP contribution < -0.4 is 4.74 Å². The Balaban J connectivity index is 1.98. The van der Waals surface area contributed by atoms with Crippen LogP contribution in [-0.2, 0) is 0 Å². The average molecular weight is 332 g/mol. The van der Waals surface area contributed by atoms with Crippen molar-refractivity contribution in [1.29, 1.82) is 0 Å². The fraction of sp³-hybridized carbons (Fsp3) is 0.118. The number of carbonyl (C=O) groups is 1. The molecule has 0 saturated heterocycles. The second-order valence-corrected chi connectivity index (χ2v) is 4.81. The zero-order valence-corrected chi connectivity index (χ0v) is 12.1. The maximum atomic E-state index is 12.6. The van der Waals surface area contributed by atoms with Crippen molar-refractivity contribution in [3.8, 4) is 11.5 Å². The third-order valence-electron chi connectivity index (χ3n) is 3.24. The largest absolute Gasteiger partial charge is 0.464 e. The van der Waals surface area contributed by atoms with E-state index >= 15 is 0 Å². The molecule has 0 saturated carbocycles. The van der Waals surface area contributed by atoms with Gasteiger partial charge in [0.1, 0.15) is 11.3 Å². The Labute approximate surface area is 145 Å². The van der Waals surface area contributed by atoms with Crippen molar-refractivity contribution in [3.05, 3.63) is 64.4 Å². The van der Waals surface area contributed by atoms with Crippen LogP contribution in [0.2, 0.25) is 0 Å². The molecule has 1 heterocycles. The van der Waals surface area contributed by atoms with Gasteiger partial charge in [-0.2, -0.15) is 0 Å². The molecule has 0 aliphatic rings. The quantitative estimate of drug-likeness (QED) is 0.535. The number of rotatable bonds is 4. The van der Waals surface area contributed by atoms with Crippen molar-refractivity contribution in [2.24, 2.45) is 0 Å². The van der Waals surface area contributed by atoms with E-state index < -0.39 is 24.8 Å². The number of nitro groups is 1. The molecule has 0 bridgehead atoms. The molecule has 7 nitrogen and oxygen atoms in total. The SMILES string of the molecule is [2H]C([2H])([2H])N(C(=O)c1cccc(Oc2cc3ccoc3cc2[N+](=O)[O-])c1)C([2H])([2H])[2H]. The second-order valence-electron chi connectivity index (χ2n) is 4.81. The maximum Gasteiger partial charge on any atom is 0.315 e. The van der Waals surface area contributed by atoms with Crippen molar-refractivity contribution in [1.82, 2.24) is 4.90 Å². The summed E-state index contributed by atoms with van der Waals surface area (Å²) in [6.07, 6.45) is 1.36. The summed E-state index contributed by atoms with van der Waals surface area (Å²) in [7, 11) is 0. The van der Waals surface area contributed by atoms with E-state index in [9.17, 15) is 14.9 Å². The highest BCUT2D eigenvalue weighted by Crippen LogP contribution is 2.35. The van der Waals surface area contributed by atoms with Gasteiger partial charge in [0.2, 0.25) is 5.75 Å². The highest BCUT2D eigenvalue weighted by Gasteiger charge is 2.19. The lowest BCUT2D eigenvalue weighted by molar-refractivity contribution is -0.385. The Morgan fingerprint density at radius 1 is 1.29 bits per heavy atom. The molecule has 0 radical (unpaired) electrons. The Bertz CT molecular complexity index is 1110. The topological polar surface area (TPSA) is 85.8 Å². The third kappa shape index (κ3) is 2.91. The number of ether oxygens (including phenoxy) is 1. The van der Waals surface area contributed by atoms with Gasteiger partial charge in [0.15, 0.2) is 0 Å². The van der Waals surface area contributed by atoms with Gasteiger partial charge in [-0.3, -0.25) is 14.9 Å². The molecule has 0 N–H and O–H groups in total. The van der Waals surface area contributed by atoms with Crippen molar-refractivity contribution in [2.75, 3.05) is 14.0 Å². The van der Waals surface area contributed by atoms with E-state index in [0.717, 1.165) is 6.07 Å². The second kappa shape index (κ2) is 6.04. The molecule has 24 heavy (non-hydrogen) atoms. The van der Waals surface area contributed by atoms with Crippen molar-refractivity contribution < 1.29 is 27.1 Å². The molecule has 0 unspecified atom stereocenters. The molecule has 7 heteroatoms. The molecule has 3 aromatic rings. The van der Waals surface area contributed by atoms with Crippen LogP contribution in [0.25, 0.3) is 11.0 Å². The average Bonchev–Trinajstić information content (AvgIpc) is 3.06. The van der Waals surface area contributed by atoms with Crippen LogP contribution in [0.5, 0.6) is 11.5 Å². The van der Waals surface area contributed by atoms with E-state index in [2.05, 4.69) is 0 Å². The standard InChI is InChI=1S/C17H14N2O5/c1-18(2)17(20)12-4-3-5-13(8-12)24-16-9-11-6-7-23-15(11)10-14(16)19(21)22/h3-10H,1-2H3/i1D3,2D3. The molecular weight excluding hydrogens is 312 g/mol. The summed E-state index contributed by atoms with van der Waals surface area (Å²) >= 11 is 0. The van der Waals surface area contributed by atoms with Gasteiger partial charge in [-0.15, -0.1) is 0 Å². The number of amides is 1. The van der Waals surface area contributed by atoms with Crippen molar-refractivity contribution in [2.45, 2.75) is 0 Å². The van der Waals surface area contributed by atoms with Gasteiger partial charge in [0, 0.05) is 33.1 Å². The van der Waals surface area contributed by atoms with Crippen LogP contribution in [-0.4, -0.2) is 29.7 Å². The molecule has 0 aliphatic carbocycles. The molecule has 0 fully saturated rings. The van der Waals surface area contributed by atoms with Gasteiger partial charge in [0.05, 0.1) is 17.3 Å². The van der Waals surface area contributed by atoms with E-state index in [1.165, 1.54) is 36.6 Å². The van der Waals surface area contributed by atoms with Gasteiger partial charge in [-0.25, -0.2) is 0 Å². The fourth-order valence-corrected chi connectivity index (χ4v) is 2.15. The van der Waals surface area contributed by atoms with Gasteiger partial charge in [-0.1, -0.05) is 6.07 Å². The summed E-state index contributed by atoms with van der Waals surface area (Å²) in [5, 5.41) is 11.9. The molecule has 0 aliphatic heterocycles. The number of hydrogen-bond acceptors (Lipinski definition) is 5. The van der Waals surface area contributed by atoms with Gasteiger partial charge in [-0.05, 0) is 30.3 Å². The number of carbonyl (C=O) groups excluding carboxylic acids is 1. The lowest BCUT2D eigenvalue weighted by Crippen LogP contribution is -2.21. The summed E-state index contributed by atoms with van der Waals surface area (Å²) in [6, 6.07) is 9.18. The Hall–Kier alpha value is -3.35. The van der Waals surface area contributed by atoms with E-state index in [-0.39, 0.29) is 33.2 Å². The first-order valence-electron chi connectivity index (χ1n) is 9.66. The zero-order chi connectivity index (χ0) is 22.3. The Morgan fingerprint density at radius 2 is 2.12 bits per heavy atom. The predicted octanol–water partition coefficient (Wildman–Crippen LogP) is 3.84. The molecular formula is C17H14N2O5. The number of benzene rings is 2. The number of nitro benzene ring substituents is 1. The zero-order valence-electron chi connectivity index (χ0n) is 18.1. The minimum atomic E-state index is -3.20. The summed E-state index contributed by atoms with van der Waals surface area (Å²) in [5.41, 5.74) is -0.378. The lowest BCUT2D eigenvalue weighted by Gasteiger charge is -2.12. The smallest absolute Gasteiger partial charge is 0.315 e. The van der Waals surface area contributed by atoms with Gasteiger partial charge >= 0.3 is 5.69 Å². The number of furan rings is 1. The van der Waals surface area contributed by atoms with E-state index in [0.29, 0.717) is 5.39 Å². The van der Waals surface area contributed by atoms with Gasteiger partial charge in [0.25, 0.3) is 5.91 Å². The van der Waals surface area contributed by atoms with Crippen molar-refractivity contribution >= 4 is 22.6 Å². The third-order valence-corrected chi connectivity index (χ3v) is 3.24. The van der Waals surface area contributed by atoms with E-state index in [4.69, 9.17) is 17.4 Å². The first-order chi connectivity index (χ1) is 13.9. The Morgan fingerprint density at radius 3 is 2.88 bits per heavy atom. The summed E-state index contributed by atoms with van der Waals surface area (Å²) in [4.78, 5) is 23.1. The summed E-state index contributed by atoms with van der Waals surface area (Å²) in [6.45, 7) is -6.41. The molecule has 122 valence electrons. The molecule has 3 rings (SSSR count). The minimum absolute atomic E-state index is 0.0252. The van der Waals surface area contributed by atoms with Crippen LogP contribution in [0, 0.1) is 10.1 Å². The highest BCUT2D eigenvalue weighted by atomic mass is 16.6. The molecule has 2 aromatic carbocycles. The molecule has 1 aromatic heterocycles. The van der Waals surface area contributed by atoms with Crippen molar-refractivity contribution in [3.63, 3.8) is 0 Å². The predicted molar refractivity (Wildman–Crippen MR) is 87.4 cm³/mol. The van der Waals surface area contributed by atoms with Gasteiger partial charge < -0.3 is 14.1 Å². The summed E-state index contributed by atoms with van der Waals surface area (Å²) < 4.78 is 54.8. The van der Waals surface area contributed by atoms with Crippen LogP contribution in [0.1, 0.15) is 18.6 Å². The maximum absolute atomic E-state index is 12.6. The molecule has 0 spiro atoms. The Kier molecular flexibility index (Phi) is 2.44. The molecule has 0 atom stereocenters. The normalized spacial score (nSPS) is 15.3. The number of nitrogens with zero attached hydrogens (tertiary/aromatic N) is 2. The molecule has 1 amide bonds. The van der Waals surface area contributed by atoms with E-state index in [1.54, 1.807) is 6.07 Å². The minimum Gasteiger partial charge on any atom is -0.464 e. The van der Waals surface area contributed by atoms with Crippen LogP contribution in [0.15, 0.2) is 53.1 Å². The van der Waals surface area contributed by atoms with Crippen LogP contribution in [0.4, 0.5) is 5.69 Å². The van der Waals surface area contributed by atoms with Crippen LogP contribution in [0.3, 0.4) is 0 Å². The monoisotopic (exact) mass is 332 g/mol.